The number of rotatable bonds is 3. The Morgan fingerprint density at radius 1 is 1.24 bits per heavy atom. The maximum Gasteiger partial charge on any atom is 0.255 e. The van der Waals surface area contributed by atoms with E-state index in [1.54, 1.807) is 32.4 Å². The summed E-state index contributed by atoms with van der Waals surface area (Å²) < 4.78 is 10.9. The predicted molar refractivity (Wildman–Crippen MR) is 95.6 cm³/mol. The van der Waals surface area contributed by atoms with Gasteiger partial charge in [0.25, 0.3) is 5.91 Å². The second-order valence-electron chi connectivity index (χ2n) is 5.89. The van der Waals surface area contributed by atoms with Crippen LogP contribution in [0.4, 0.5) is 11.4 Å². The fourth-order valence-corrected chi connectivity index (χ4v) is 2.71. The van der Waals surface area contributed by atoms with Crippen LogP contribution in [0.3, 0.4) is 0 Å². The molecule has 0 fully saturated rings. The third-order valence-electron chi connectivity index (χ3n) is 4.13. The summed E-state index contributed by atoms with van der Waals surface area (Å²) >= 11 is 0. The largest absolute Gasteiger partial charge is 0.495 e. The standard InChI is InChI=1S/C19H20N2O4/c1-12-4-6-16(24-3)14(10-12)20-19(23)13-5-7-17-15(11-13)21(2)18(22)8-9-25-17/h4-7,10-11H,8-9H2,1-3H3,(H,20,23). The molecule has 1 aliphatic heterocycles. The highest BCUT2D eigenvalue weighted by Gasteiger charge is 2.21. The number of carbonyl (C=O) groups is 2. The first-order valence-electron chi connectivity index (χ1n) is 7.99. The molecule has 0 saturated carbocycles. The molecular weight excluding hydrogens is 320 g/mol. The molecule has 2 aromatic rings. The van der Waals surface area contributed by atoms with Crippen LogP contribution in [0.2, 0.25) is 0 Å². The molecule has 3 rings (SSSR count). The third-order valence-corrected chi connectivity index (χ3v) is 4.13. The van der Waals surface area contributed by atoms with Crippen molar-refractivity contribution in [3.05, 3.63) is 47.5 Å². The molecule has 1 heterocycles. The van der Waals surface area contributed by atoms with Gasteiger partial charge in [-0.15, -0.1) is 0 Å². The Balaban J connectivity index is 1.90. The molecule has 0 radical (unpaired) electrons. The van der Waals surface area contributed by atoms with E-state index in [0.717, 1.165) is 5.56 Å². The van der Waals surface area contributed by atoms with E-state index in [4.69, 9.17) is 9.47 Å². The molecular formula is C19H20N2O4. The number of aryl methyl sites for hydroxylation is 1. The van der Waals surface area contributed by atoms with Crippen molar-refractivity contribution in [2.75, 3.05) is 31.0 Å². The van der Waals surface area contributed by atoms with E-state index in [-0.39, 0.29) is 11.8 Å². The maximum absolute atomic E-state index is 12.6. The van der Waals surface area contributed by atoms with Crippen LogP contribution in [-0.4, -0.2) is 32.6 Å². The average molecular weight is 340 g/mol. The molecule has 0 atom stereocenters. The molecule has 130 valence electrons. The minimum Gasteiger partial charge on any atom is -0.495 e. The van der Waals surface area contributed by atoms with Crippen LogP contribution >= 0.6 is 0 Å². The number of ether oxygens (including phenoxy) is 2. The lowest BCUT2D eigenvalue weighted by Crippen LogP contribution is -2.25. The maximum atomic E-state index is 12.6. The van der Waals surface area contributed by atoms with Gasteiger partial charge in [-0.2, -0.15) is 0 Å². The summed E-state index contributed by atoms with van der Waals surface area (Å²) in [7, 11) is 3.24. The number of amides is 2. The quantitative estimate of drug-likeness (QED) is 0.933. The first-order valence-corrected chi connectivity index (χ1v) is 7.99. The smallest absolute Gasteiger partial charge is 0.255 e. The molecule has 0 saturated heterocycles. The summed E-state index contributed by atoms with van der Waals surface area (Å²) in [6.07, 6.45) is 0.313. The molecule has 2 aromatic carbocycles. The summed E-state index contributed by atoms with van der Waals surface area (Å²) in [5.74, 6) is 0.857. The van der Waals surface area contributed by atoms with Gasteiger partial charge in [-0.3, -0.25) is 9.59 Å². The number of nitrogens with one attached hydrogen (secondary N) is 1. The van der Waals surface area contributed by atoms with Crippen molar-refractivity contribution in [2.45, 2.75) is 13.3 Å². The van der Waals surface area contributed by atoms with Gasteiger partial charge in [-0.05, 0) is 42.8 Å². The highest BCUT2D eigenvalue weighted by Crippen LogP contribution is 2.32. The molecule has 6 nitrogen and oxygen atoms in total. The predicted octanol–water partition coefficient (Wildman–Crippen LogP) is 3.00. The van der Waals surface area contributed by atoms with Crippen LogP contribution in [0.1, 0.15) is 22.3 Å². The lowest BCUT2D eigenvalue weighted by Gasteiger charge is -2.17. The van der Waals surface area contributed by atoms with Crippen LogP contribution in [0, 0.1) is 6.92 Å². The summed E-state index contributed by atoms with van der Waals surface area (Å²) in [6.45, 7) is 2.28. The summed E-state index contributed by atoms with van der Waals surface area (Å²) in [4.78, 5) is 26.2. The lowest BCUT2D eigenvalue weighted by molar-refractivity contribution is -0.118. The Morgan fingerprint density at radius 3 is 2.80 bits per heavy atom. The molecule has 1 N–H and O–H groups in total. The van der Waals surface area contributed by atoms with Crippen LogP contribution in [0.25, 0.3) is 0 Å². The molecule has 0 bridgehead atoms. The third kappa shape index (κ3) is 3.42. The van der Waals surface area contributed by atoms with E-state index in [1.807, 2.05) is 25.1 Å². The van der Waals surface area contributed by atoms with Crippen molar-refractivity contribution in [1.82, 2.24) is 0 Å². The minimum atomic E-state index is -0.281. The van der Waals surface area contributed by atoms with Gasteiger partial charge in [0, 0.05) is 12.6 Å². The summed E-state index contributed by atoms with van der Waals surface area (Å²) in [6, 6.07) is 10.6. The zero-order valence-electron chi connectivity index (χ0n) is 14.5. The fraction of sp³-hybridized carbons (Fsp3) is 0.263. The molecule has 2 amide bonds. The Hall–Kier alpha value is -3.02. The first kappa shape index (κ1) is 16.8. The average Bonchev–Trinajstić information content (AvgIpc) is 2.74. The van der Waals surface area contributed by atoms with Gasteiger partial charge < -0.3 is 19.7 Å². The zero-order valence-corrected chi connectivity index (χ0v) is 14.5. The number of hydrogen-bond donors (Lipinski definition) is 1. The Kier molecular flexibility index (Phi) is 4.61. The van der Waals surface area contributed by atoms with E-state index in [9.17, 15) is 9.59 Å². The van der Waals surface area contributed by atoms with E-state index >= 15 is 0 Å². The summed E-state index contributed by atoms with van der Waals surface area (Å²) in [5.41, 5.74) is 2.64. The van der Waals surface area contributed by atoms with Gasteiger partial charge in [0.1, 0.15) is 11.5 Å². The Labute approximate surface area is 146 Å². The second-order valence-corrected chi connectivity index (χ2v) is 5.89. The fourth-order valence-electron chi connectivity index (χ4n) is 2.71. The number of fused-ring (bicyclic) bond motifs is 1. The van der Waals surface area contributed by atoms with Crippen molar-refractivity contribution in [3.63, 3.8) is 0 Å². The van der Waals surface area contributed by atoms with Crippen molar-refractivity contribution < 1.29 is 19.1 Å². The van der Waals surface area contributed by atoms with Gasteiger partial charge >= 0.3 is 0 Å². The Morgan fingerprint density at radius 2 is 2.04 bits per heavy atom. The topological polar surface area (TPSA) is 67.9 Å². The highest BCUT2D eigenvalue weighted by atomic mass is 16.5. The second kappa shape index (κ2) is 6.84. The number of nitrogens with zero attached hydrogens (tertiary/aromatic N) is 1. The van der Waals surface area contributed by atoms with Crippen LogP contribution in [0.15, 0.2) is 36.4 Å². The molecule has 0 aromatic heterocycles. The Bertz CT molecular complexity index is 832. The normalized spacial score (nSPS) is 13.6. The van der Waals surface area contributed by atoms with Crippen LogP contribution < -0.4 is 19.7 Å². The molecule has 0 spiro atoms. The molecule has 1 aliphatic rings. The number of carbonyl (C=O) groups excluding carboxylic acids is 2. The van der Waals surface area contributed by atoms with Gasteiger partial charge in [-0.1, -0.05) is 6.07 Å². The van der Waals surface area contributed by atoms with Crippen LogP contribution in [-0.2, 0) is 4.79 Å². The van der Waals surface area contributed by atoms with Gasteiger partial charge in [0.05, 0.1) is 31.5 Å². The molecule has 25 heavy (non-hydrogen) atoms. The zero-order chi connectivity index (χ0) is 18.0. The SMILES string of the molecule is COc1ccc(C)cc1NC(=O)c1ccc2c(c1)N(C)C(=O)CCO2. The monoisotopic (exact) mass is 340 g/mol. The number of anilines is 2. The number of methoxy groups -OCH3 is 1. The lowest BCUT2D eigenvalue weighted by atomic mass is 10.1. The van der Waals surface area contributed by atoms with Gasteiger partial charge in [0.15, 0.2) is 0 Å². The van der Waals surface area contributed by atoms with Crippen molar-refractivity contribution in [3.8, 4) is 11.5 Å². The highest BCUT2D eigenvalue weighted by molar-refractivity contribution is 6.06. The van der Waals surface area contributed by atoms with Gasteiger partial charge in [-0.25, -0.2) is 0 Å². The molecule has 0 unspecified atom stereocenters. The van der Waals surface area contributed by atoms with E-state index < -0.39 is 0 Å². The minimum absolute atomic E-state index is 0.0448. The molecule has 0 aliphatic carbocycles. The van der Waals surface area contributed by atoms with Gasteiger partial charge in [0.2, 0.25) is 5.91 Å². The van der Waals surface area contributed by atoms with Crippen molar-refractivity contribution in [2.24, 2.45) is 0 Å². The van der Waals surface area contributed by atoms with Crippen LogP contribution in [0.5, 0.6) is 11.5 Å². The number of benzene rings is 2. The number of hydrogen-bond acceptors (Lipinski definition) is 4. The van der Waals surface area contributed by atoms with E-state index in [1.165, 1.54) is 4.90 Å². The molecule has 6 heteroatoms. The van der Waals surface area contributed by atoms with Crippen molar-refractivity contribution >= 4 is 23.2 Å². The van der Waals surface area contributed by atoms with E-state index in [2.05, 4.69) is 5.32 Å². The van der Waals surface area contributed by atoms with Crippen molar-refractivity contribution in [1.29, 1.82) is 0 Å². The van der Waals surface area contributed by atoms with E-state index in [0.29, 0.717) is 41.5 Å². The summed E-state index contributed by atoms with van der Waals surface area (Å²) in [5, 5.41) is 2.86. The first-order chi connectivity index (χ1) is 12.0.